The van der Waals surface area contributed by atoms with Crippen molar-refractivity contribution in [2.75, 3.05) is 5.73 Å². The minimum Gasteiger partial charge on any atom is -0.398 e. The lowest BCUT2D eigenvalue weighted by Gasteiger charge is -2.13. The molecule has 0 heterocycles. The number of rotatable bonds is 4. The van der Waals surface area contributed by atoms with E-state index >= 15 is 0 Å². The van der Waals surface area contributed by atoms with Gasteiger partial charge >= 0.3 is 0 Å². The molecule has 0 fully saturated rings. The predicted octanol–water partition coefficient (Wildman–Crippen LogP) is 3.48. The summed E-state index contributed by atoms with van der Waals surface area (Å²) in [6.45, 7) is 6.51. The van der Waals surface area contributed by atoms with E-state index in [-0.39, 0.29) is 0 Å². The van der Waals surface area contributed by atoms with Gasteiger partial charge in [-0.25, -0.2) is 0 Å². The van der Waals surface area contributed by atoms with Crippen molar-refractivity contribution in [2.45, 2.75) is 46.5 Å². The van der Waals surface area contributed by atoms with E-state index in [0.717, 1.165) is 18.5 Å². The molecule has 0 spiro atoms. The van der Waals surface area contributed by atoms with E-state index < -0.39 is 0 Å². The van der Waals surface area contributed by atoms with Crippen LogP contribution in [0.2, 0.25) is 0 Å². The highest BCUT2D eigenvalue weighted by atomic mass is 14.6. The van der Waals surface area contributed by atoms with Gasteiger partial charge in [0.25, 0.3) is 0 Å². The van der Waals surface area contributed by atoms with Crippen molar-refractivity contribution in [1.82, 2.24) is 0 Å². The Morgan fingerprint density at radius 2 is 1.71 bits per heavy atom. The van der Waals surface area contributed by atoms with Gasteiger partial charge in [-0.1, -0.05) is 38.8 Å². The molecule has 0 saturated heterocycles. The lowest BCUT2D eigenvalue weighted by Crippen LogP contribution is -2.02. The molecule has 0 aromatic heterocycles. The average Bonchev–Trinajstić information content (AvgIpc) is 2.18. The first-order valence-electron chi connectivity index (χ1n) is 5.57. The van der Waals surface area contributed by atoms with Gasteiger partial charge in [-0.05, 0) is 36.5 Å². The normalized spacial score (nSPS) is 10.5. The molecular weight excluding hydrogens is 170 g/mol. The van der Waals surface area contributed by atoms with Crippen molar-refractivity contribution >= 4 is 5.69 Å². The first kappa shape index (κ1) is 11.1. The summed E-state index contributed by atoms with van der Waals surface area (Å²) < 4.78 is 0. The number of aryl methyl sites for hydroxylation is 2. The maximum Gasteiger partial charge on any atom is 0.0379 e. The molecule has 0 aliphatic heterocycles. The molecule has 0 atom stereocenters. The van der Waals surface area contributed by atoms with Gasteiger partial charge in [-0.2, -0.15) is 0 Å². The Bertz CT molecular complexity index is 302. The molecule has 14 heavy (non-hydrogen) atoms. The Balaban J connectivity index is 3.08. The average molecular weight is 191 g/mol. The van der Waals surface area contributed by atoms with Crippen LogP contribution in [0.25, 0.3) is 0 Å². The van der Waals surface area contributed by atoms with Gasteiger partial charge in [0.1, 0.15) is 0 Å². The second-order valence-electron chi connectivity index (χ2n) is 3.93. The Labute approximate surface area is 87.3 Å². The molecule has 1 aromatic rings. The lowest BCUT2D eigenvalue weighted by molar-refractivity contribution is 0.862. The molecule has 0 unspecified atom stereocenters. The van der Waals surface area contributed by atoms with Crippen molar-refractivity contribution in [1.29, 1.82) is 0 Å². The highest BCUT2D eigenvalue weighted by Crippen LogP contribution is 2.23. The molecule has 0 amide bonds. The molecule has 1 heteroatoms. The molecule has 0 bridgehead atoms. The summed E-state index contributed by atoms with van der Waals surface area (Å²) in [6, 6.07) is 4.37. The standard InChI is InChI=1S/C13H21N/c1-4-6-11-9-8-10(3)13(14)12(11)7-5-2/h8-9H,4-7,14H2,1-3H3. The highest BCUT2D eigenvalue weighted by Gasteiger charge is 2.06. The van der Waals surface area contributed by atoms with Gasteiger partial charge in [0.2, 0.25) is 0 Å². The summed E-state index contributed by atoms with van der Waals surface area (Å²) in [5.74, 6) is 0. The van der Waals surface area contributed by atoms with E-state index in [4.69, 9.17) is 5.73 Å². The molecule has 1 aromatic carbocycles. The number of benzene rings is 1. The Hall–Kier alpha value is -0.980. The van der Waals surface area contributed by atoms with Gasteiger partial charge in [0, 0.05) is 5.69 Å². The molecule has 1 rings (SSSR count). The third-order valence-electron chi connectivity index (χ3n) is 2.69. The van der Waals surface area contributed by atoms with Crippen LogP contribution in [0, 0.1) is 6.92 Å². The maximum absolute atomic E-state index is 6.10. The van der Waals surface area contributed by atoms with E-state index in [1.54, 1.807) is 0 Å². The summed E-state index contributed by atoms with van der Waals surface area (Å²) in [5, 5.41) is 0. The lowest BCUT2D eigenvalue weighted by atomic mass is 9.95. The monoisotopic (exact) mass is 191 g/mol. The van der Waals surface area contributed by atoms with Crippen LogP contribution in [0.1, 0.15) is 43.4 Å². The van der Waals surface area contributed by atoms with Crippen molar-refractivity contribution in [3.63, 3.8) is 0 Å². The number of hydrogen-bond donors (Lipinski definition) is 1. The second kappa shape index (κ2) is 5.04. The maximum atomic E-state index is 6.10. The van der Waals surface area contributed by atoms with Gasteiger partial charge in [-0.3, -0.25) is 0 Å². The van der Waals surface area contributed by atoms with E-state index in [9.17, 15) is 0 Å². The number of hydrogen-bond acceptors (Lipinski definition) is 1. The molecule has 0 saturated carbocycles. The summed E-state index contributed by atoms with van der Waals surface area (Å²) in [7, 11) is 0. The van der Waals surface area contributed by atoms with Crippen molar-refractivity contribution in [3.05, 3.63) is 28.8 Å². The van der Waals surface area contributed by atoms with Gasteiger partial charge < -0.3 is 5.73 Å². The SMILES string of the molecule is CCCc1ccc(C)c(N)c1CCC. The van der Waals surface area contributed by atoms with Crippen LogP contribution in [0.4, 0.5) is 5.69 Å². The molecule has 1 nitrogen and oxygen atoms in total. The third-order valence-corrected chi connectivity index (χ3v) is 2.69. The minimum atomic E-state index is 1.01. The molecule has 0 aliphatic rings. The summed E-state index contributed by atoms with van der Waals surface area (Å²) in [6.07, 6.45) is 4.63. The van der Waals surface area contributed by atoms with Crippen LogP contribution >= 0.6 is 0 Å². The number of anilines is 1. The summed E-state index contributed by atoms with van der Waals surface area (Å²) >= 11 is 0. The van der Waals surface area contributed by atoms with Crippen molar-refractivity contribution in [3.8, 4) is 0 Å². The first-order chi connectivity index (χ1) is 6.70. The Morgan fingerprint density at radius 3 is 2.29 bits per heavy atom. The van der Waals surface area contributed by atoms with E-state index in [2.05, 4.69) is 32.9 Å². The summed E-state index contributed by atoms with van der Waals surface area (Å²) in [5.41, 5.74) is 11.2. The van der Waals surface area contributed by atoms with Crippen molar-refractivity contribution < 1.29 is 0 Å². The van der Waals surface area contributed by atoms with Crippen LogP contribution in [0.15, 0.2) is 12.1 Å². The Morgan fingerprint density at radius 1 is 1.07 bits per heavy atom. The molecule has 0 aliphatic carbocycles. The quantitative estimate of drug-likeness (QED) is 0.724. The fourth-order valence-corrected chi connectivity index (χ4v) is 1.88. The van der Waals surface area contributed by atoms with Gasteiger partial charge in [0.05, 0.1) is 0 Å². The zero-order valence-electron chi connectivity index (χ0n) is 9.56. The van der Waals surface area contributed by atoms with Crippen LogP contribution in [0.3, 0.4) is 0 Å². The number of nitrogens with two attached hydrogens (primary N) is 1. The molecular formula is C13H21N. The third kappa shape index (κ3) is 2.28. The topological polar surface area (TPSA) is 26.0 Å². The first-order valence-corrected chi connectivity index (χ1v) is 5.57. The largest absolute Gasteiger partial charge is 0.398 e. The highest BCUT2D eigenvalue weighted by molar-refractivity contribution is 5.56. The number of nitrogen functional groups attached to an aromatic ring is 1. The van der Waals surface area contributed by atoms with E-state index in [1.807, 2.05) is 0 Å². The Kier molecular flexibility index (Phi) is 3.99. The van der Waals surface area contributed by atoms with Gasteiger partial charge in [-0.15, -0.1) is 0 Å². The van der Waals surface area contributed by atoms with E-state index in [1.165, 1.54) is 29.5 Å². The van der Waals surface area contributed by atoms with Crippen LogP contribution in [-0.2, 0) is 12.8 Å². The second-order valence-corrected chi connectivity index (χ2v) is 3.93. The smallest absolute Gasteiger partial charge is 0.0379 e. The zero-order valence-corrected chi connectivity index (χ0v) is 9.56. The van der Waals surface area contributed by atoms with Crippen LogP contribution in [0.5, 0.6) is 0 Å². The minimum absolute atomic E-state index is 1.01. The van der Waals surface area contributed by atoms with Crippen LogP contribution in [-0.4, -0.2) is 0 Å². The summed E-state index contributed by atoms with van der Waals surface area (Å²) in [4.78, 5) is 0. The van der Waals surface area contributed by atoms with E-state index in [0.29, 0.717) is 0 Å². The molecule has 0 radical (unpaired) electrons. The fraction of sp³-hybridized carbons (Fsp3) is 0.538. The predicted molar refractivity (Wildman–Crippen MR) is 63.6 cm³/mol. The molecule has 2 N–H and O–H groups in total. The molecule has 78 valence electrons. The van der Waals surface area contributed by atoms with Crippen molar-refractivity contribution in [2.24, 2.45) is 0 Å². The van der Waals surface area contributed by atoms with Crippen LogP contribution < -0.4 is 5.73 Å². The fourth-order valence-electron chi connectivity index (χ4n) is 1.88. The van der Waals surface area contributed by atoms with Gasteiger partial charge in [0.15, 0.2) is 0 Å². The zero-order chi connectivity index (χ0) is 10.6.